The lowest BCUT2D eigenvalue weighted by atomic mass is 10.1. The van der Waals surface area contributed by atoms with E-state index in [0.717, 1.165) is 18.7 Å². The number of nitrogens with zero attached hydrogens (tertiary/aromatic N) is 1. The highest BCUT2D eigenvalue weighted by atomic mass is 19.4. The van der Waals surface area contributed by atoms with Gasteiger partial charge in [0.1, 0.15) is 17.2 Å². The van der Waals surface area contributed by atoms with Gasteiger partial charge >= 0.3 is 12.2 Å². The molecular formula is C21H18F3N3O2. The van der Waals surface area contributed by atoms with Gasteiger partial charge in [-0.25, -0.2) is 4.79 Å². The lowest BCUT2D eigenvalue weighted by molar-refractivity contribution is -0.141. The normalized spacial score (nSPS) is 11.0. The molecule has 3 rings (SSSR count). The fourth-order valence-electron chi connectivity index (χ4n) is 2.49. The second-order valence-electron chi connectivity index (χ2n) is 6.13. The van der Waals surface area contributed by atoms with E-state index in [4.69, 9.17) is 4.74 Å². The van der Waals surface area contributed by atoms with Gasteiger partial charge in [0, 0.05) is 23.6 Å². The fourth-order valence-corrected chi connectivity index (χ4v) is 2.49. The Morgan fingerprint density at radius 3 is 2.07 bits per heavy atom. The van der Waals surface area contributed by atoms with Crippen molar-refractivity contribution < 1.29 is 22.7 Å². The maximum atomic E-state index is 12.7. The molecule has 2 amide bonds. The Balaban J connectivity index is 1.59. The number of carbonyl (C=O) groups is 1. The van der Waals surface area contributed by atoms with E-state index in [0.29, 0.717) is 17.1 Å². The van der Waals surface area contributed by atoms with Gasteiger partial charge in [0.15, 0.2) is 0 Å². The van der Waals surface area contributed by atoms with Crippen LogP contribution in [0.4, 0.5) is 29.3 Å². The highest BCUT2D eigenvalue weighted by Gasteiger charge is 2.32. The van der Waals surface area contributed by atoms with Crippen molar-refractivity contribution >= 4 is 17.4 Å². The standard InChI is InChI=1S/C21H18F3N3O2/c1-2-14-3-5-15(6-4-14)26-20(28)27-16-7-9-17(10-8-16)29-18-11-12-25-19(13-18)21(22,23)24/h3-13H,2H2,1H3,(H2,26,27,28). The number of carbonyl (C=O) groups excluding carboxylic acids is 1. The van der Waals surface area contributed by atoms with Crippen LogP contribution >= 0.6 is 0 Å². The number of nitrogens with one attached hydrogen (secondary N) is 2. The minimum Gasteiger partial charge on any atom is -0.457 e. The Kier molecular flexibility index (Phi) is 6.01. The number of alkyl halides is 3. The zero-order valence-electron chi connectivity index (χ0n) is 15.5. The molecule has 0 unspecified atom stereocenters. The van der Waals surface area contributed by atoms with Crippen LogP contribution in [0.2, 0.25) is 0 Å². The minimum absolute atomic E-state index is 0.0151. The van der Waals surface area contributed by atoms with E-state index in [1.54, 1.807) is 24.3 Å². The number of benzene rings is 2. The van der Waals surface area contributed by atoms with Crippen LogP contribution in [0.1, 0.15) is 18.2 Å². The molecule has 1 heterocycles. The van der Waals surface area contributed by atoms with Gasteiger partial charge in [-0.15, -0.1) is 0 Å². The van der Waals surface area contributed by atoms with Crippen molar-refractivity contribution in [1.29, 1.82) is 0 Å². The lowest BCUT2D eigenvalue weighted by Crippen LogP contribution is -2.19. The number of aryl methyl sites for hydroxylation is 1. The summed E-state index contributed by atoms with van der Waals surface area (Å²) in [7, 11) is 0. The summed E-state index contributed by atoms with van der Waals surface area (Å²) in [5.74, 6) is 0.340. The van der Waals surface area contributed by atoms with Gasteiger partial charge in [-0.3, -0.25) is 4.98 Å². The molecule has 0 saturated carbocycles. The molecule has 29 heavy (non-hydrogen) atoms. The van der Waals surface area contributed by atoms with Crippen molar-refractivity contribution in [1.82, 2.24) is 4.98 Å². The number of hydrogen-bond donors (Lipinski definition) is 2. The number of aromatic nitrogens is 1. The first-order valence-corrected chi connectivity index (χ1v) is 8.81. The molecule has 0 radical (unpaired) electrons. The van der Waals surface area contributed by atoms with Crippen LogP contribution in [0, 0.1) is 0 Å². The second kappa shape index (κ2) is 8.64. The van der Waals surface area contributed by atoms with Crippen LogP contribution in [-0.4, -0.2) is 11.0 Å². The van der Waals surface area contributed by atoms with Gasteiger partial charge in [-0.1, -0.05) is 19.1 Å². The number of ether oxygens (including phenoxy) is 1. The summed E-state index contributed by atoms with van der Waals surface area (Å²) in [4.78, 5) is 15.4. The van der Waals surface area contributed by atoms with Gasteiger partial charge in [0.05, 0.1) is 0 Å². The highest BCUT2D eigenvalue weighted by molar-refractivity contribution is 5.99. The molecule has 0 atom stereocenters. The minimum atomic E-state index is -4.54. The summed E-state index contributed by atoms with van der Waals surface area (Å²) in [5.41, 5.74) is 1.31. The average Bonchev–Trinajstić information content (AvgIpc) is 2.69. The first-order chi connectivity index (χ1) is 13.8. The largest absolute Gasteiger partial charge is 0.457 e. The number of anilines is 2. The van der Waals surface area contributed by atoms with Crippen molar-refractivity contribution in [3.8, 4) is 11.5 Å². The number of hydrogen-bond acceptors (Lipinski definition) is 3. The molecule has 2 N–H and O–H groups in total. The zero-order chi connectivity index (χ0) is 20.9. The van der Waals surface area contributed by atoms with Crippen LogP contribution in [0.25, 0.3) is 0 Å². The van der Waals surface area contributed by atoms with Gasteiger partial charge in [-0.2, -0.15) is 13.2 Å². The first-order valence-electron chi connectivity index (χ1n) is 8.81. The third kappa shape index (κ3) is 5.71. The SMILES string of the molecule is CCc1ccc(NC(=O)Nc2ccc(Oc3ccnc(C(F)(F)F)c3)cc2)cc1. The van der Waals surface area contributed by atoms with Crippen LogP contribution in [0.15, 0.2) is 66.9 Å². The average molecular weight is 401 g/mol. The molecular weight excluding hydrogens is 383 g/mol. The summed E-state index contributed by atoms with van der Waals surface area (Å²) in [6.07, 6.45) is -2.60. The smallest absolute Gasteiger partial charge is 0.433 e. The molecule has 0 aliphatic carbocycles. The molecule has 0 saturated heterocycles. The molecule has 0 aliphatic heterocycles. The Bertz CT molecular complexity index is 972. The van der Waals surface area contributed by atoms with Crippen LogP contribution in [0.3, 0.4) is 0 Å². The predicted octanol–water partition coefficient (Wildman–Crippen LogP) is 6.10. The molecule has 3 aromatic rings. The van der Waals surface area contributed by atoms with Gasteiger partial charge < -0.3 is 15.4 Å². The van der Waals surface area contributed by atoms with E-state index in [1.807, 2.05) is 31.2 Å². The first kappa shape index (κ1) is 20.2. The summed E-state index contributed by atoms with van der Waals surface area (Å²) in [5, 5.41) is 5.40. The number of pyridine rings is 1. The number of amides is 2. The van der Waals surface area contributed by atoms with Crippen molar-refractivity contribution in [3.05, 3.63) is 78.1 Å². The number of urea groups is 1. The lowest BCUT2D eigenvalue weighted by Gasteiger charge is -2.11. The topological polar surface area (TPSA) is 63.2 Å². The predicted molar refractivity (Wildman–Crippen MR) is 104 cm³/mol. The summed E-state index contributed by atoms with van der Waals surface area (Å²) >= 11 is 0. The Labute approximate surface area is 165 Å². The molecule has 0 spiro atoms. The Hall–Kier alpha value is -3.55. The van der Waals surface area contributed by atoms with Crippen molar-refractivity contribution in [3.63, 3.8) is 0 Å². The molecule has 1 aromatic heterocycles. The molecule has 150 valence electrons. The van der Waals surface area contributed by atoms with Crippen molar-refractivity contribution in [2.45, 2.75) is 19.5 Å². The van der Waals surface area contributed by atoms with Gasteiger partial charge in [0.25, 0.3) is 0 Å². The fraction of sp³-hybridized carbons (Fsp3) is 0.143. The Morgan fingerprint density at radius 1 is 0.931 bits per heavy atom. The maximum absolute atomic E-state index is 12.7. The van der Waals surface area contributed by atoms with Crippen molar-refractivity contribution in [2.24, 2.45) is 0 Å². The quantitative estimate of drug-likeness (QED) is 0.543. The van der Waals surface area contributed by atoms with E-state index in [1.165, 1.54) is 11.6 Å². The third-order valence-electron chi connectivity index (χ3n) is 3.99. The molecule has 8 heteroatoms. The van der Waals surface area contributed by atoms with E-state index in [-0.39, 0.29) is 5.75 Å². The summed E-state index contributed by atoms with van der Waals surface area (Å²) < 4.78 is 43.6. The zero-order valence-corrected chi connectivity index (χ0v) is 15.5. The van der Waals surface area contributed by atoms with E-state index in [2.05, 4.69) is 15.6 Å². The van der Waals surface area contributed by atoms with E-state index in [9.17, 15) is 18.0 Å². The Morgan fingerprint density at radius 2 is 1.52 bits per heavy atom. The second-order valence-corrected chi connectivity index (χ2v) is 6.13. The van der Waals surface area contributed by atoms with Crippen LogP contribution in [0.5, 0.6) is 11.5 Å². The third-order valence-corrected chi connectivity index (χ3v) is 3.99. The monoisotopic (exact) mass is 401 g/mol. The molecule has 2 aromatic carbocycles. The van der Waals surface area contributed by atoms with Gasteiger partial charge in [0.2, 0.25) is 0 Å². The van der Waals surface area contributed by atoms with Crippen LogP contribution < -0.4 is 15.4 Å². The molecule has 0 bridgehead atoms. The number of halogens is 3. The molecule has 0 fully saturated rings. The van der Waals surface area contributed by atoms with Gasteiger partial charge in [-0.05, 0) is 54.4 Å². The van der Waals surface area contributed by atoms with E-state index < -0.39 is 17.9 Å². The highest BCUT2D eigenvalue weighted by Crippen LogP contribution is 2.31. The van der Waals surface area contributed by atoms with Crippen molar-refractivity contribution in [2.75, 3.05) is 10.6 Å². The van der Waals surface area contributed by atoms with Crippen LogP contribution in [-0.2, 0) is 12.6 Å². The summed E-state index contributed by atoms with van der Waals surface area (Å²) in [6.45, 7) is 2.05. The van der Waals surface area contributed by atoms with E-state index >= 15 is 0 Å². The maximum Gasteiger partial charge on any atom is 0.433 e. The molecule has 0 aliphatic rings. The summed E-state index contributed by atoms with van der Waals surface area (Å²) in [6, 6.07) is 15.5. The number of rotatable bonds is 5. The molecule has 5 nitrogen and oxygen atoms in total.